The molecule has 0 saturated heterocycles. The fourth-order valence-corrected chi connectivity index (χ4v) is 4.29. The van der Waals surface area contributed by atoms with Gasteiger partial charge >= 0.3 is 0 Å². The van der Waals surface area contributed by atoms with E-state index in [0.717, 1.165) is 15.3 Å². The van der Waals surface area contributed by atoms with E-state index in [1.807, 2.05) is 35.7 Å². The van der Waals surface area contributed by atoms with Crippen molar-refractivity contribution >= 4 is 39.6 Å². The van der Waals surface area contributed by atoms with Crippen molar-refractivity contribution in [2.75, 3.05) is 0 Å². The quantitative estimate of drug-likeness (QED) is 0.557. The zero-order valence-corrected chi connectivity index (χ0v) is 13.1. The largest absolute Gasteiger partial charge is 0.263 e. The van der Waals surface area contributed by atoms with Crippen LogP contribution in [-0.4, -0.2) is 4.92 Å². The molecule has 3 nitrogen and oxygen atoms in total. The third-order valence-electron chi connectivity index (χ3n) is 3.07. The van der Waals surface area contributed by atoms with E-state index in [-0.39, 0.29) is 15.9 Å². The van der Waals surface area contributed by atoms with Gasteiger partial charge in [0.2, 0.25) is 0 Å². The van der Waals surface area contributed by atoms with Crippen molar-refractivity contribution < 1.29 is 4.92 Å². The van der Waals surface area contributed by atoms with Gasteiger partial charge in [0.05, 0.1) is 4.92 Å². The van der Waals surface area contributed by atoms with Crippen molar-refractivity contribution in [1.29, 1.82) is 0 Å². The Hall–Kier alpha value is -1.56. The maximum Gasteiger partial charge on any atom is 0.263 e. The number of rotatable bonds is 3. The predicted molar refractivity (Wildman–Crippen MR) is 89.2 cm³/mol. The summed E-state index contributed by atoms with van der Waals surface area (Å²) in [4.78, 5) is 13.1. The summed E-state index contributed by atoms with van der Waals surface area (Å²) in [7, 11) is 0. The van der Waals surface area contributed by atoms with Crippen LogP contribution in [0.4, 0.5) is 0 Å². The second kappa shape index (κ2) is 6.05. The monoisotopic (exact) mass is 335 g/mol. The van der Waals surface area contributed by atoms with Gasteiger partial charge in [0.25, 0.3) is 5.70 Å². The summed E-state index contributed by atoms with van der Waals surface area (Å²) in [5.41, 5.74) is 1.08. The molecule has 1 aliphatic rings. The Morgan fingerprint density at radius 3 is 2.52 bits per heavy atom. The van der Waals surface area contributed by atoms with E-state index in [1.165, 1.54) is 11.8 Å². The van der Waals surface area contributed by atoms with Gasteiger partial charge in [-0.25, -0.2) is 0 Å². The van der Waals surface area contributed by atoms with Gasteiger partial charge < -0.3 is 0 Å². The van der Waals surface area contributed by atoms with Crippen molar-refractivity contribution in [3.8, 4) is 0 Å². The first kappa shape index (κ1) is 14.4. The molecule has 1 aromatic carbocycles. The number of hydrogen-bond donors (Lipinski definition) is 0. The first-order chi connectivity index (χ1) is 10.1. The lowest BCUT2D eigenvalue weighted by Crippen LogP contribution is -2.10. The highest BCUT2D eigenvalue weighted by atomic mass is 35.5. The van der Waals surface area contributed by atoms with Gasteiger partial charge in [0.1, 0.15) is 5.25 Å². The SMILES string of the molecule is O=[N+]([O-])C1=CC=C(c2cccs2)SC1c1ccc(Cl)cc1. The van der Waals surface area contributed by atoms with Crippen LogP contribution < -0.4 is 0 Å². The first-order valence-corrected chi connectivity index (χ1v) is 8.31. The van der Waals surface area contributed by atoms with Crippen molar-refractivity contribution in [3.63, 3.8) is 0 Å². The second-order valence-corrected chi connectivity index (χ2v) is 6.94. The third kappa shape index (κ3) is 3.05. The van der Waals surface area contributed by atoms with Crippen LogP contribution in [0.25, 0.3) is 4.91 Å². The van der Waals surface area contributed by atoms with Gasteiger partial charge in [-0.2, -0.15) is 0 Å². The molecule has 2 aromatic rings. The molecule has 21 heavy (non-hydrogen) atoms. The van der Waals surface area contributed by atoms with Crippen LogP contribution in [0.2, 0.25) is 5.02 Å². The van der Waals surface area contributed by atoms with Crippen molar-refractivity contribution in [3.05, 3.63) is 85.2 Å². The number of thiophene rings is 1. The Balaban J connectivity index is 1.99. The minimum absolute atomic E-state index is 0.197. The minimum Gasteiger partial charge on any atom is -0.259 e. The smallest absolute Gasteiger partial charge is 0.259 e. The van der Waals surface area contributed by atoms with Crippen LogP contribution >= 0.6 is 34.7 Å². The van der Waals surface area contributed by atoms with Gasteiger partial charge in [0.15, 0.2) is 0 Å². The predicted octanol–water partition coefficient (Wildman–Crippen LogP) is 5.39. The highest BCUT2D eigenvalue weighted by Crippen LogP contribution is 2.48. The molecule has 1 aromatic heterocycles. The molecule has 0 amide bonds. The Bertz CT molecular complexity index is 721. The Morgan fingerprint density at radius 2 is 1.90 bits per heavy atom. The van der Waals surface area contributed by atoms with Gasteiger partial charge in [-0.3, -0.25) is 10.1 Å². The molecular weight excluding hydrogens is 326 g/mol. The molecule has 1 unspecified atom stereocenters. The maximum atomic E-state index is 11.3. The molecule has 6 heteroatoms. The van der Waals surface area contributed by atoms with Crippen LogP contribution in [0, 0.1) is 10.1 Å². The number of thioether (sulfide) groups is 1. The molecule has 3 rings (SSSR count). The summed E-state index contributed by atoms with van der Waals surface area (Å²) < 4.78 is 0. The van der Waals surface area contributed by atoms with Crippen LogP contribution in [0.15, 0.2) is 59.6 Å². The number of nitrogens with zero attached hydrogens (tertiary/aromatic N) is 1. The Labute approximate surface area is 135 Å². The number of hydrogen-bond acceptors (Lipinski definition) is 4. The Kier molecular flexibility index (Phi) is 4.14. The van der Waals surface area contributed by atoms with Crippen molar-refractivity contribution in [2.24, 2.45) is 0 Å². The van der Waals surface area contributed by atoms with Crippen LogP contribution in [-0.2, 0) is 0 Å². The highest BCUT2D eigenvalue weighted by molar-refractivity contribution is 8.08. The summed E-state index contributed by atoms with van der Waals surface area (Å²) in [6.07, 6.45) is 3.42. The zero-order valence-electron chi connectivity index (χ0n) is 10.7. The number of allylic oxidation sites excluding steroid dienone is 2. The summed E-state index contributed by atoms with van der Waals surface area (Å²) in [5.74, 6) is 0. The molecule has 2 heterocycles. The number of benzene rings is 1. The van der Waals surface area contributed by atoms with E-state index in [9.17, 15) is 10.1 Å². The second-order valence-electron chi connectivity index (χ2n) is 4.41. The minimum atomic E-state index is -0.320. The summed E-state index contributed by atoms with van der Waals surface area (Å²) >= 11 is 9.03. The van der Waals surface area contributed by atoms with Gasteiger partial charge in [-0.1, -0.05) is 29.8 Å². The van der Waals surface area contributed by atoms with Crippen LogP contribution in [0.1, 0.15) is 15.7 Å². The molecule has 0 bridgehead atoms. The molecule has 0 radical (unpaired) electrons. The van der Waals surface area contributed by atoms with E-state index in [1.54, 1.807) is 29.5 Å². The first-order valence-electron chi connectivity index (χ1n) is 6.17. The molecule has 0 N–H and O–H groups in total. The standard InChI is InChI=1S/C15H10ClNO2S2/c16-11-5-3-10(4-6-11)15-12(17(18)19)7-8-14(21-15)13-2-1-9-20-13/h1-9,15H. The number of halogens is 1. The van der Waals surface area contributed by atoms with E-state index in [4.69, 9.17) is 11.6 Å². The molecule has 106 valence electrons. The molecule has 1 aliphatic heterocycles. The lowest BCUT2D eigenvalue weighted by Gasteiger charge is -2.19. The summed E-state index contributed by atoms with van der Waals surface area (Å²) in [6, 6.07) is 11.2. The fraction of sp³-hybridized carbons (Fsp3) is 0.0667. The molecule has 0 spiro atoms. The third-order valence-corrected chi connectivity index (χ3v) is 5.71. The van der Waals surface area contributed by atoms with E-state index in [2.05, 4.69) is 0 Å². The van der Waals surface area contributed by atoms with Gasteiger partial charge in [-0.15, -0.1) is 23.1 Å². The topological polar surface area (TPSA) is 43.1 Å². The zero-order chi connectivity index (χ0) is 14.8. The normalized spacial score (nSPS) is 18.0. The number of nitro groups is 1. The lowest BCUT2D eigenvalue weighted by molar-refractivity contribution is -0.427. The average molecular weight is 336 g/mol. The van der Waals surface area contributed by atoms with Gasteiger partial charge in [0, 0.05) is 20.9 Å². The summed E-state index contributed by atoms with van der Waals surface area (Å²) in [5, 5.41) is 13.6. The van der Waals surface area contributed by atoms with E-state index < -0.39 is 0 Å². The van der Waals surface area contributed by atoms with E-state index in [0.29, 0.717) is 5.02 Å². The maximum absolute atomic E-state index is 11.3. The van der Waals surface area contributed by atoms with Crippen molar-refractivity contribution in [1.82, 2.24) is 0 Å². The van der Waals surface area contributed by atoms with Crippen molar-refractivity contribution in [2.45, 2.75) is 5.25 Å². The highest BCUT2D eigenvalue weighted by Gasteiger charge is 2.31. The average Bonchev–Trinajstić information content (AvgIpc) is 3.01. The molecule has 1 atom stereocenters. The van der Waals surface area contributed by atoms with E-state index >= 15 is 0 Å². The molecular formula is C15H10ClNO2S2. The molecule has 0 fully saturated rings. The summed E-state index contributed by atoms with van der Waals surface area (Å²) in [6.45, 7) is 0. The lowest BCUT2D eigenvalue weighted by atomic mass is 10.1. The fourth-order valence-electron chi connectivity index (χ4n) is 2.07. The molecule has 0 aliphatic carbocycles. The Morgan fingerprint density at radius 1 is 1.14 bits per heavy atom. The van der Waals surface area contributed by atoms with Crippen LogP contribution in [0.5, 0.6) is 0 Å². The van der Waals surface area contributed by atoms with Crippen LogP contribution in [0.3, 0.4) is 0 Å². The van der Waals surface area contributed by atoms with Gasteiger partial charge in [-0.05, 0) is 35.2 Å². The molecule has 0 saturated carbocycles.